The van der Waals surface area contributed by atoms with Gasteiger partial charge < -0.3 is 20.3 Å². The number of carboxylic acids is 1. The lowest BCUT2D eigenvalue weighted by Gasteiger charge is -2.18. The van der Waals surface area contributed by atoms with Crippen molar-refractivity contribution in [2.45, 2.75) is 12.5 Å². The maximum absolute atomic E-state index is 10.8. The van der Waals surface area contributed by atoms with Gasteiger partial charge in [-0.2, -0.15) is 0 Å². The molecule has 1 heterocycles. The van der Waals surface area contributed by atoms with E-state index in [0.717, 1.165) is 11.3 Å². The minimum Gasteiger partial charge on any atom is -0.497 e. The summed E-state index contributed by atoms with van der Waals surface area (Å²) >= 11 is 0. The predicted molar refractivity (Wildman–Crippen MR) is 80.8 cm³/mol. The van der Waals surface area contributed by atoms with Crippen molar-refractivity contribution in [1.29, 1.82) is 0 Å². The van der Waals surface area contributed by atoms with E-state index in [2.05, 4.69) is 15.3 Å². The Morgan fingerprint density at radius 1 is 1.32 bits per heavy atom. The zero-order chi connectivity index (χ0) is 16.2. The molecule has 0 radical (unpaired) electrons. The Morgan fingerprint density at radius 3 is 2.59 bits per heavy atom. The highest BCUT2D eigenvalue weighted by Crippen LogP contribution is 2.21. The number of nitrogens with one attached hydrogen (secondary N) is 1. The quantitative estimate of drug-likeness (QED) is 0.740. The number of ether oxygens (including phenoxy) is 1. The third-order valence-corrected chi connectivity index (χ3v) is 3.09. The monoisotopic (exact) mass is 303 g/mol. The van der Waals surface area contributed by atoms with E-state index in [-0.39, 0.29) is 12.5 Å². The molecule has 0 spiro atoms. The van der Waals surface area contributed by atoms with Crippen LogP contribution in [0, 0.1) is 0 Å². The van der Waals surface area contributed by atoms with Crippen molar-refractivity contribution in [1.82, 2.24) is 9.97 Å². The highest BCUT2D eigenvalue weighted by Gasteiger charge is 2.29. The molecule has 1 aromatic heterocycles. The fraction of sp³-hybridized carbons (Fsp3) is 0.267. The van der Waals surface area contributed by atoms with Gasteiger partial charge in [0.2, 0.25) is 5.95 Å². The summed E-state index contributed by atoms with van der Waals surface area (Å²) in [6.07, 6.45) is 1.56. The molecule has 2 rings (SSSR count). The molecule has 0 saturated carbocycles. The second-order valence-corrected chi connectivity index (χ2v) is 4.93. The van der Waals surface area contributed by atoms with E-state index in [1.165, 1.54) is 6.92 Å². The fourth-order valence-corrected chi connectivity index (χ4v) is 1.69. The van der Waals surface area contributed by atoms with E-state index in [9.17, 15) is 9.90 Å². The van der Waals surface area contributed by atoms with Crippen LogP contribution in [0.25, 0.3) is 11.3 Å². The summed E-state index contributed by atoms with van der Waals surface area (Å²) in [5.74, 6) is -0.324. The van der Waals surface area contributed by atoms with Crippen molar-refractivity contribution in [3.05, 3.63) is 36.5 Å². The van der Waals surface area contributed by atoms with Gasteiger partial charge in [0.1, 0.15) is 5.75 Å². The molecule has 7 nitrogen and oxygen atoms in total. The standard InChI is InChI=1S/C15H17N3O4/c1-15(21,13(19)20)9-17-14-16-8-7-12(18-14)10-3-5-11(22-2)6-4-10/h3-8,21H,9H2,1-2H3,(H,19,20)(H,16,17,18)/t15-/m0/s1. The minimum absolute atomic E-state index is 0.200. The Morgan fingerprint density at radius 2 is 2.00 bits per heavy atom. The predicted octanol–water partition coefficient (Wildman–Crippen LogP) is 1.40. The Hall–Kier alpha value is -2.67. The maximum atomic E-state index is 10.8. The van der Waals surface area contributed by atoms with Gasteiger partial charge >= 0.3 is 5.97 Å². The van der Waals surface area contributed by atoms with Gasteiger partial charge in [-0.05, 0) is 37.3 Å². The highest BCUT2D eigenvalue weighted by molar-refractivity contribution is 5.77. The van der Waals surface area contributed by atoms with E-state index in [1.54, 1.807) is 19.4 Å². The molecule has 0 amide bonds. The Labute approximate surface area is 127 Å². The van der Waals surface area contributed by atoms with Crippen LogP contribution in [0.15, 0.2) is 36.5 Å². The first-order chi connectivity index (χ1) is 10.4. The van der Waals surface area contributed by atoms with Crippen molar-refractivity contribution in [3.8, 4) is 17.0 Å². The third kappa shape index (κ3) is 3.70. The molecule has 0 aliphatic heterocycles. The van der Waals surface area contributed by atoms with Gasteiger partial charge in [-0.25, -0.2) is 14.8 Å². The SMILES string of the molecule is COc1ccc(-c2ccnc(NC[C@](C)(O)C(=O)O)n2)cc1. The summed E-state index contributed by atoms with van der Waals surface area (Å²) in [6.45, 7) is 1.00. The first kappa shape index (κ1) is 15.7. The van der Waals surface area contributed by atoms with Crippen LogP contribution in [0.1, 0.15) is 6.92 Å². The minimum atomic E-state index is -1.89. The smallest absolute Gasteiger partial charge is 0.337 e. The van der Waals surface area contributed by atoms with Gasteiger partial charge in [0, 0.05) is 11.8 Å². The van der Waals surface area contributed by atoms with Gasteiger partial charge in [-0.1, -0.05) is 0 Å². The highest BCUT2D eigenvalue weighted by atomic mass is 16.5. The zero-order valence-corrected chi connectivity index (χ0v) is 12.3. The van der Waals surface area contributed by atoms with Crippen LogP contribution in [0.3, 0.4) is 0 Å². The van der Waals surface area contributed by atoms with Gasteiger partial charge in [-0.15, -0.1) is 0 Å². The Bertz CT molecular complexity index is 656. The molecule has 7 heteroatoms. The summed E-state index contributed by atoms with van der Waals surface area (Å²) in [4.78, 5) is 19.2. The summed E-state index contributed by atoms with van der Waals surface area (Å²) in [7, 11) is 1.59. The topological polar surface area (TPSA) is 105 Å². The molecular weight excluding hydrogens is 286 g/mol. The van der Waals surface area contributed by atoms with Crippen LogP contribution in [0.5, 0.6) is 5.75 Å². The molecule has 116 valence electrons. The normalized spacial score (nSPS) is 13.2. The average molecular weight is 303 g/mol. The van der Waals surface area contributed by atoms with Crippen molar-refractivity contribution >= 4 is 11.9 Å². The molecule has 0 aliphatic rings. The number of rotatable bonds is 6. The molecular formula is C15H17N3O4. The van der Waals surface area contributed by atoms with E-state index in [1.807, 2.05) is 24.3 Å². The number of anilines is 1. The van der Waals surface area contributed by atoms with Crippen LogP contribution >= 0.6 is 0 Å². The molecule has 0 unspecified atom stereocenters. The number of carbonyl (C=O) groups is 1. The van der Waals surface area contributed by atoms with Crippen LogP contribution in [0.4, 0.5) is 5.95 Å². The van der Waals surface area contributed by atoms with Crippen LogP contribution in [-0.4, -0.2) is 45.4 Å². The van der Waals surface area contributed by atoms with Crippen molar-refractivity contribution in [2.24, 2.45) is 0 Å². The van der Waals surface area contributed by atoms with Crippen molar-refractivity contribution in [3.63, 3.8) is 0 Å². The van der Waals surface area contributed by atoms with Crippen molar-refractivity contribution in [2.75, 3.05) is 19.0 Å². The molecule has 2 aromatic rings. The summed E-state index contributed by atoms with van der Waals surface area (Å²) < 4.78 is 5.10. The van der Waals surface area contributed by atoms with Crippen molar-refractivity contribution < 1.29 is 19.7 Å². The third-order valence-electron chi connectivity index (χ3n) is 3.09. The number of aliphatic hydroxyl groups is 1. The Kier molecular flexibility index (Phi) is 4.57. The number of carboxylic acid groups (broad SMARTS) is 1. The molecule has 0 bridgehead atoms. The average Bonchev–Trinajstić information content (AvgIpc) is 2.53. The Balaban J connectivity index is 2.14. The number of hydrogen-bond donors (Lipinski definition) is 3. The molecule has 3 N–H and O–H groups in total. The number of aromatic nitrogens is 2. The second kappa shape index (κ2) is 6.40. The van der Waals surface area contributed by atoms with Gasteiger partial charge in [0.15, 0.2) is 5.60 Å². The first-order valence-electron chi connectivity index (χ1n) is 6.59. The van der Waals surface area contributed by atoms with Gasteiger partial charge in [-0.3, -0.25) is 0 Å². The second-order valence-electron chi connectivity index (χ2n) is 4.93. The summed E-state index contributed by atoms with van der Waals surface area (Å²) in [6, 6.07) is 9.10. The van der Waals surface area contributed by atoms with Crippen LogP contribution in [-0.2, 0) is 4.79 Å². The lowest BCUT2D eigenvalue weighted by molar-refractivity contribution is -0.155. The number of benzene rings is 1. The number of methoxy groups -OCH3 is 1. The molecule has 22 heavy (non-hydrogen) atoms. The van der Waals surface area contributed by atoms with E-state index < -0.39 is 11.6 Å². The lowest BCUT2D eigenvalue weighted by atomic mass is 10.1. The van der Waals surface area contributed by atoms with E-state index >= 15 is 0 Å². The van der Waals surface area contributed by atoms with Crippen LogP contribution in [0.2, 0.25) is 0 Å². The molecule has 1 aromatic carbocycles. The molecule has 0 aliphatic carbocycles. The molecule has 0 fully saturated rings. The van der Waals surface area contributed by atoms with Gasteiger partial charge in [0.05, 0.1) is 19.3 Å². The lowest BCUT2D eigenvalue weighted by Crippen LogP contribution is -2.42. The fourth-order valence-electron chi connectivity index (χ4n) is 1.69. The summed E-state index contributed by atoms with van der Waals surface area (Å²) in [5, 5.41) is 21.2. The van der Waals surface area contributed by atoms with Crippen LogP contribution < -0.4 is 10.1 Å². The largest absolute Gasteiger partial charge is 0.497 e. The van der Waals surface area contributed by atoms with Gasteiger partial charge in [0.25, 0.3) is 0 Å². The maximum Gasteiger partial charge on any atom is 0.337 e. The summed E-state index contributed by atoms with van der Waals surface area (Å²) in [5.41, 5.74) is -0.342. The van der Waals surface area contributed by atoms with E-state index in [0.29, 0.717) is 5.69 Å². The molecule has 0 saturated heterocycles. The van der Waals surface area contributed by atoms with E-state index in [4.69, 9.17) is 9.84 Å². The number of hydrogen-bond acceptors (Lipinski definition) is 6. The zero-order valence-electron chi connectivity index (χ0n) is 12.3. The molecule has 1 atom stereocenters. The number of nitrogens with zero attached hydrogens (tertiary/aromatic N) is 2. The first-order valence-corrected chi connectivity index (χ1v) is 6.59. The number of aliphatic carboxylic acids is 1.